The van der Waals surface area contributed by atoms with Gasteiger partial charge in [-0.15, -0.1) is 0 Å². The highest BCUT2D eigenvalue weighted by Gasteiger charge is 2.17. The van der Waals surface area contributed by atoms with Gasteiger partial charge in [-0.2, -0.15) is 0 Å². The zero-order valence-corrected chi connectivity index (χ0v) is 10.8. The zero-order valence-electron chi connectivity index (χ0n) is 10.8. The van der Waals surface area contributed by atoms with E-state index in [1.807, 2.05) is 35.6 Å². The lowest BCUT2D eigenvalue weighted by Crippen LogP contribution is -2.34. The van der Waals surface area contributed by atoms with Crippen LogP contribution in [-0.2, 0) is 11.3 Å². The SMILES string of the molecule is O=C(NCCCNC(F)C(F)F)OCc1ccccc1. The summed E-state index contributed by atoms with van der Waals surface area (Å²) in [5.41, 5.74) is 0.863. The first kappa shape index (κ1) is 16.3. The summed E-state index contributed by atoms with van der Waals surface area (Å²) in [4.78, 5) is 11.3. The van der Waals surface area contributed by atoms with Crippen molar-refractivity contribution in [2.75, 3.05) is 13.1 Å². The Morgan fingerprint density at radius 3 is 2.50 bits per heavy atom. The lowest BCUT2D eigenvalue weighted by atomic mass is 10.2. The minimum Gasteiger partial charge on any atom is -0.445 e. The maximum atomic E-state index is 12.4. The summed E-state index contributed by atoms with van der Waals surface area (Å²) in [5.74, 6) is 0. The maximum absolute atomic E-state index is 12.4. The smallest absolute Gasteiger partial charge is 0.407 e. The Morgan fingerprint density at radius 1 is 1.15 bits per heavy atom. The average molecular weight is 290 g/mol. The second-order valence-corrected chi connectivity index (χ2v) is 4.03. The van der Waals surface area contributed by atoms with Crippen LogP contribution in [0.15, 0.2) is 30.3 Å². The molecule has 0 aliphatic carbocycles. The normalized spacial score (nSPS) is 12.2. The van der Waals surface area contributed by atoms with Crippen LogP contribution in [0, 0.1) is 0 Å². The molecule has 0 spiro atoms. The molecule has 1 amide bonds. The van der Waals surface area contributed by atoms with E-state index in [-0.39, 0.29) is 19.7 Å². The van der Waals surface area contributed by atoms with Crippen LogP contribution >= 0.6 is 0 Å². The Kier molecular flexibility index (Phi) is 7.49. The molecule has 0 heterocycles. The predicted octanol–water partition coefficient (Wildman–Crippen LogP) is 2.45. The minimum absolute atomic E-state index is 0.0461. The van der Waals surface area contributed by atoms with Crippen molar-refractivity contribution in [1.29, 1.82) is 0 Å². The van der Waals surface area contributed by atoms with Crippen LogP contribution in [0.1, 0.15) is 12.0 Å². The molecular weight excluding hydrogens is 273 g/mol. The van der Waals surface area contributed by atoms with E-state index in [9.17, 15) is 18.0 Å². The van der Waals surface area contributed by atoms with Crippen molar-refractivity contribution in [1.82, 2.24) is 10.6 Å². The third-order valence-electron chi connectivity index (χ3n) is 2.40. The number of ether oxygens (including phenoxy) is 1. The average Bonchev–Trinajstić information content (AvgIpc) is 2.45. The third-order valence-corrected chi connectivity index (χ3v) is 2.40. The molecular formula is C13H17F3N2O2. The summed E-state index contributed by atoms with van der Waals surface area (Å²) in [6, 6.07) is 9.16. The topological polar surface area (TPSA) is 50.4 Å². The molecule has 112 valence electrons. The molecule has 1 unspecified atom stereocenters. The van der Waals surface area contributed by atoms with E-state index in [1.54, 1.807) is 0 Å². The van der Waals surface area contributed by atoms with Gasteiger partial charge in [-0.1, -0.05) is 30.3 Å². The Labute approximate surface area is 115 Å². The van der Waals surface area contributed by atoms with Gasteiger partial charge in [0.15, 0.2) is 0 Å². The summed E-state index contributed by atoms with van der Waals surface area (Å²) >= 11 is 0. The van der Waals surface area contributed by atoms with E-state index in [0.29, 0.717) is 6.42 Å². The van der Waals surface area contributed by atoms with Gasteiger partial charge in [-0.05, 0) is 18.5 Å². The van der Waals surface area contributed by atoms with Crippen molar-refractivity contribution in [3.05, 3.63) is 35.9 Å². The van der Waals surface area contributed by atoms with E-state index in [0.717, 1.165) is 5.56 Å². The van der Waals surface area contributed by atoms with Crippen LogP contribution in [0.3, 0.4) is 0 Å². The fourth-order valence-corrected chi connectivity index (χ4v) is 1.38. The molecule has 0 bridgehead atoms. The van der Waals surface area contributed by atoms with Crippen LogP contribution in [0.2, 0.25) is 0 Å². The quantitative estimate of drug-likeness (QED) is 0.571. The highest BCUT2D eigenvalue weighted by atomic mass is 19.3. The van der Waals surface area contributed by atoms with Crippen molar-refractivity contribution >= 4 is 6.09 Å². The molecule has 20 heavy (non-hydrogen) atoms. The number of hydrogen-bond acceptors (Lipinski definition) is 3. The summed E-state index contributed by atoms with van der Waals surface area (Å²) in [7, 11) is 0. The van der Waals surface area contributed by atoms with E-state index in [4.69, 9.17) is 4.74 Å². The van der Waals surface area contributed by atoms with Gasteiger partial charge in [0.2, 0.25) is 6.30 Å². The first-order valence-corrected chi connectivity index (χ1v) is 6.19. The number of nitrogens with one attached hydrogen (secondary N) is 2. The zero-order chi connectivity index (χ0) is 14.8. The van der Waals surface area contributed by atoms with Crippen molar-refractivity contribution in [2.24, 2.45) is 0 Å². The number of carbonyl (C=O) groups excluding carboxylic acids is 1. The van der Waals surface area contributed by atoms with Gasteiger partial charge in [0.1, 0.15) is 6.61 Å². The van der Waals surface area contributed by atoms with Crippen LogP contribution in [-0.4, -0.2) is 31.9 Å². The number of benzene rings is 1. The first-order chi connectivity index (χ1) is 9.59. The van der Waals surface area contributed by atoms with Gasteiger partial charge in [0.25, 0.3) is 6.43 Å². The van der Waals surface area contributed by atoms with Gasteiger partial charge >= 0.3 is 6.09 Å². The molecule has 4 nitrogen and oxygen atoms in total. The van der Waals surface area contributed by atoms with E-state index < -0.39 is 18.8 Å². The van der Waals surface area contributed by atoms with Crippen molar-refractivity contribution in [3.63, 3.8) is 0 Å². The van der Waals surface area contributed by atoms with E-state index in [1.165, 1.54) is 0 Å². The molecule has 1 rings (SSSR count). The van der Waals surface area contributed by atoms with Crippen LogP contribution in [0.25, 0.3) is 0 Å². The molecule has 0 saturated heterocycles. The lowest BCUT2D eigenvalue weighted by molar-refractivity contribution is 0.0309. The second kappa shape index (κ2) is 9.19. The van der Waals surface area contributed by atoms with E-state index in [2.05, 4.69) is 5.32 Å². The van der Waals surface area contributed by atoms with Crippen molar-refractivity contribution in [2.45, 2.75) is 25.7 Å². The van der Waals surface area contributed by atoms with Crippen LogP contribution < -0.4 is 10.6 Å². The summed E-state index contributed by atoms with van der Waals surface area (Å²) in [6.07, 6.45) is -5.65. The number of amides is 1. The molecule has 0 fully saturated rings. The third kappa shape index (κ3) is 6.98. The Balaban J connectivity index is 2.03. The summed E-state index contributed by atoms with van der Waals surface area (Å²) in [6.45, 7) is 0.421. The molecule has 7 heteroatoms. The lowest BCUT2D eigenvalue weighted by Gasteiger charge is -2.10. The standard InChI is InChI=1S/C13H17F3N2O2/c14-11(15)12(16)17-7-4-8-18-13(19)20-9-10-5-2-1-3-6-10/h1-3,5-6,11-12,17H,4,7-9H2,(H,18,19). The molecule has 0 radical (unpaired) electrons. The number of halogens is 3. The molecule has 1 atom stereocenters. The number of rotatable bonds is 8. The fraction of sp³-hybridized carbons (Fsp3) is 0.462. The van der Waals surface area contributed by atoms with Gasteiger partial charge in [0.05, 0.1) is 0 Å². The van der Waals surface area contributed by atoms with Gasteiger partial charge in [0, 0.05) is 6.54 Å². The van der Waals surface area contributed by atoms with E-state index >= 15 is 0 Å². The molecule has 2 N–H and O–H groups in total. The summed E-state index contributed by atoms with van der Waals surface area (Å²) < 4.78 is 41.0. The predicted molar refractivity (Wildman–Crippen MR) is 68.1 cm³/mol. The molecule has 0 aliphatic rings. The number of carbonyl (C=O) groups is 1. The largest absolute Gasteiger partial charge is 0.445 e. The van der Waals surface area contributed by atoms with Gasteiger partial charge in [-0.25, -0.2) is 18.0 Å². The number of hydrogen-bond donors (Lipinski definition) is 2. The maximum Gasteiger partial charge on any atom is 0.407 e. The highest BCUT2D eigenvalue weighted by molar-refractivity contribution is 5.67. The van der Waals surface area contributed by atoms with Gasteiger partial charge in [-0.3, -0.25) is 5.32 Å². The molecule has 0 aromatic heterocycles. The molecule has 0 aliphatic heterocycles. The Bertz CT molecular complexity index is 390. The monoisotopic (exact) mass is 290 g/mol. The number of alkyl carbamates (subject to hydrolysis) is 1. The first-order valence-electron chi connectivity index (χ1n) is 6.19. The second-order valence-electron chi connectivity index (χ2n) is 4.03. The van der Waals surface area contributed by atoms with Crippen molar-refractivity contribution in [3.8, 4) is 0 Å². The van der Waals surface area contributed by atoms with Gasteiger partial charge < -0.3 is 10.1 Å². The minimum atomic E-state index is -3.04. The van der Waals surface area contributed by atoms with Crippen molar-refractivity contribution < 1.29 is 22.7 Å². The van der Waals surface area contributed by atoms with Crippen LogP contribution in [0.4, 0.5) is 18.0 Å². The molecule has 1 aromatic rings. The highest BCUT2D eigenvalue weighted by Crippen LogP contribution is 2.01. The number of alkyl halides is 3. The van der Waals surface area contributed by atoms with Crippen LogP contribution in [0.5, 0.6) is 0 Å². The molecule has 1 aromatic carbocycles. The Hall–Kier alpha value is -1.76. The fourth-order valence-electron chi connectivity index (χ4n) is 1.38. The Morgan fingerprint density at radius 2 is 1.85 bits per heavy atom. The summed E-state index contributed by atoms with van der Waals surface area (Å²) in [5, 5.41) is 4.45. The molecule has 0 saturated carbocycles.